The van der Waals surface area contributed by atoms with E-state index in [9.17, 15) is 9.90 Å². The molecule has 72 valence electrons. The van der Waals surface area contributed by atoms with Crippen molar-refractivity contribution in [3.63, 3.8) is 0 Å². The molecule has 0 radical (unpaired) electrons. The maximum absolute atomic E-state index is 10.3. The molecule has 0 saturated heterocycles. The third-order valence-corrected chi connectivity index (χ3v) is 2.76. The highest BCUT2D eigenvalue weighted by molar-refractivity contribution is 7.21. The first kappa shape index (κ1) is 8.83. The fraction of sp³-hybridized carbons (Fsp3) is 0. The van der Waals surface area contributed by atoms with Crippen molar-refractivity contribution in [1.29, 1.82) is 0 Å². The van der Waals surface area contributed by atoms with Crippen LogP contribution < -0.4 is 4.74 Å². The molecule has 0 atom stereocenters. The Morgan fingerprint density at radius 2 is 2.07 bits per heavy atom. The van der Waals surface area contributed by atoms with E-state index in [2.05, 4.69) is 4.74 Å². The van der Waals surface area contributed by atoms with Crippen molar-refractivity contribution in [2.45, 2.75) is 0 Å². The molecular weight excluding hydrogens is 204 g/mol. The highest BCUT2D eigenvalue weighted by Gasteiger charge is 2.14. The van der Waals surface area contributed by atoms with Crippen molar-refractivity contribution in [2.75, 3.05) is 0 Å². The summed E-state index contributed by atoms with van der Waals surface area (Å²) in [6, 6.07) is 7.06. The van der Waals surface area contributed by atoms with Crippen molar-refractivity contribution >= 4 is 27.6 Å². The Labute approximate surface area is 83.0 Å². The molecule has 0 spiro atoms. The van der Waals surface area contributed by atoms with Crippen LogP contribution in [0.2, 0.25) is 0 Å². The molecular formula is C9H6O4S. The predicted octanol–water partition coefficient (Wildman–Crippen LogP) is 2.66. The van der Waals surface area contributed by atoms with Gasteiger partial charge in [0.15, 0.2) is 5.75 Å². The number of rotatable bonds is 1. The van der Waals surface area contributed by atoms with Gasteiger partial charge in [-0.2, -0.15) is 0 Å². The van der Waals surface area contributed by atoms with Gasteiger partial charge in [-0.05, 0) is 12.1 Å². The highest BCUT2D eigenvalue weighted by atomic mass is 32.1. The fourth-order valence-electron chi connectivity index (χ4n) is 1.16. The zero-order valence-electron chi connectivity index (χ0n) is 6.93. The lowest BCUT2D eigenvalue weighted by molar-refractivity contribution is 0.144. The van der Waals surface area contributed by atoms with Crippen molar-refractivity contribution in [3.05, 3.63) is 24.3 Å². The van der Waals surface area contributed by atoms with Gasteiger partial charge in [-0.1, -0.05) is 23.5 Å². The minimum Gasteiger partial charge on any atom is -0.503 e. The van der Waals surface area contributed by atoms with E-state index in [0.717, 1.165) is 16.0 Å². The monoisotopic (exact) mass is 210 g/mol. The maximum Gasteiger partial charge on any atom is 0.512 e. The first-order chi connectivity index (χ1) is 6.68. The summed E-state index contributed by atoms with van der Waals surface area (Å²) < 4.78 is 5.21. The Kier molecular flexibility index (Phi) is 2.01. The van der Waals surface area contributed by atoms with E-state index in [1.807, 2.05) is 6.07 Å². The quantitative estimate of drug-likeness (QED) is 0.710. The first-order valence-corrected chi connectivity index (χ1v) is 4.61. The number of ether oxygens (including phenoxy) is 1. The first-order valence-electron chi connectivity index (χ1n) is 3.80. The number of carboxylic acid groups (broad SMARTS) is 1. The molecule has 0 aliphatic rings. The molecule has 0 amide bonds. The van der Waals surface area contributed by atoms with E-state index in [4.69, 9.17) is 5.11 Å². The molecule has 2 N–H and O–H groups in total. The lowest BCUT2D eigenvalue weighted by Gasteiger charge is -1.94. The van der Waals surface area contributed by atoms with E-state index >= 15 is 0 Å². The highest BCUT2D eigenvalue weighted by Crippen LogP contribution is 2.42. The van der Waals surface area contributed by atoms with E-state index in [1.165, 1.54) is 0 Å². The summed E-state index contributed by atoms with van der Waals surface area (Å²) in [4.78, 5) is 10.3. The van der Waals surface area contributed by atoms with Gasteiger partial charge in [0.2, 0.25) is 5.06 Å². The minimum atomic E-state index is -1.42. The van der Waals surface area contributed by atoms with Crippen LogP contribution in [0.3, 0.4) is 0 Å². The minimum absolute atomic E-state index is 0.0127. The number of hydrogen-bond donors (Lipinski definition) is 2. The normalized spacial score (nSPS) is 10.3. The average molecular weight is 210 g/mol. The van der Waals surface area contributed by atoms with E-state index in [1.54, 1.807) is 18.2 Å². The lowest BCUT2D eigenvalue weighted by atomic mass is 10.2. The zero-order valence-corrected chi connectivity index (χ0v) is 7.75. The number of benzene rings is 1. The van der Waals surface area contributed by atoms with Crippen molar-refractivity contribution in [3.8, 4) is 10.8 Å². The Morgan fingerprint density at radius 1 is 1.36 bits per heavy atom. The van der Waals surface area contributed by atoms with Gasteiger partial charge in [0.1, 0.15) is 0 Å². The number of carbonyl (C=O) groups is 1. The average Bonchev–Trinajstić information content (AvgIpc) is 2.44. The third-order valence-electron chi connectivity index (χ3n) is 1.72. The van der Waals surface area contributed by atoms with Gasteiger partial charge in [-0.15, -0.1) is 0 Å². The standard InChI is InChI=1S/C9H6O4S/c10-7-5-3-1-2-4-6(5)14-8(7)13-9(11)12/h1-4,10H,(H,11,12). The largest absolute Gasteiger partial charge is 0.512 e. The number of thiophene rings is 1. The fourth-order valence-corrected chi connectivity index (χ4v) is 2.10. The van der Waals surface area contributed by atoms with Gasteiger partial charge in [-0.3, -0.25) is 0 Å². The van der Waals surface area contributed by atoms with E-state index in [0.29, 0.717) is 5.39 Å². The molecule has 0 fully saturated rings. The van der Waals surface area contributed by atoms with Gasteiger partial charge in [-0.25, -0.2) is 4.79 Å². The van der Waals surface area contributed by atoms with Crippen LogP contribution in [0.25, 0.3) is 10.1 Å². The van der Waals surface area contributed by atoms with Crippen LogP contribution >= 0.6 is 11.3 Å². The molecule has 0 unspecified atom stereocenters. The Bertz CT molecular complexity index is 489. The number of hydrogen-bond acceptors (Lipinski definition) is 4. The van der Waals surface area contributed by atoms with Crippen LogP contribution in [-0.2, 0) is 0 Å². The molecule has 4 nitrogen and oxygen atoms in total. The zero-order chi connectivity index (χ0) is 10.1. The molecule has 0 aliphatic carbocycles. The molecule has 1 heterocycles. The van der Waals surface area contributed by atoms with Crippen LogP contribution in [0.5, 0.6) is 10.8 Å². The second kappa shape index (κ2) is 3.19. The van der Waals surface area contributed by atoms with Gasteiger partial charge in [0, 0.05) is 10.1 Å². The molecule has 0 bridgehead atoms. The van der Waals surface area contributed by atoms with Crippen LogP contribution in [0, 0.1) is 0 Å². The van der Waals surface area contributed by atoms with Crippen LogP contribution in [0.15, 0.2) is 24.3 Å². The Balaban J connectivity index is 2.57. The van der Waals surface area contributed by atoms with Gasteiger partial charge in [0.05, 0.1) is 0 Å². The molecule has 0 aliphatic heterocycles. The summed E-state index contributed by atoms with van der Waals surface area (Å²) in [5.41, 5.74) is 0. The van der Waals surface area contributed by atoms with Crippen LogP contribution in [0.1, 0.15) is 0 Å². The van der Waals surface area contributed by atoms with E-state index < -0.39 is 6.16 Å². The molecule has 1 aromatic carbocycles. The van der Waals surface area contributed by atoms with Crippen LogP contribution in [0.4, 0.5) is 4.79 Å². The summed E-state index contributed by atoms with van der Waals surface area (Å²) in [5.74, 6) is -0.118. The van der Waals surface area contributed by atoms with E-state index in [-0.39, 0.29) is 10.8 Å². The Hall–Kier alpha value is -1.75. The summed E-state index contributed by atoms with van der Waals surface area (Å²) in [6.45, 7) is 0. The number of aromatic hydroxyl groups is 1. The molecule has 14 heavy (non-hydrogen) atoms. The number of fused-ring (bicyclic) bond motifs is 1. The molecule has 1 aromatic heterocycles. The second-order valence-corrected chi connectivity index (χ2v) is 3.62. The summed E-state index contributed by atoms with van der Waals surface area (Å²) >= 11 is 1.10. The van der Waals surface area contributed by atoms with Crippen molar-refractivity contribution < 1.29 is 19.7 Å². The third kappa shape index (κ3) is 1.38. The lowest BCUT2D eigenvalue weighted by Crippen LogP contribution is -2.01. The second-order valence-electron chi connectivity index (χ2n) is 2.60. The smallest absolute Gasteiger partial charge is 0.503 e. The van der Waals surface area contributed by atoms with Crippen LogP contribution in [-0.4, -0.2) is 16.4 Å². The van der Waals surface area contributed by atoms with Gasteiger partial charge < -0.3 is 14.9 Å². The molecule has 5 heteroatoms. The summed E-state index contributed by atoms with van der Waals surface area (Å²) in [7, 11) is 0. The molecule has 2 rings (SSSR count). The summed E-state index contributed by atoms with van der Waals surface area (Å²) in [6.07, 6.45) is -1.42. The van der Waals surface area contributed by atoms with Gasteiger partial charge in [0.25, 0.3) is 0 Å². The summed E-state index contributed by atoms with van der Waals surface area (Å²) in [5, 5.41) is 18.6. The maximum atomic E-state index is 10.3. The molecule has 2 aromatic rings. The van der Waals surface area contributed by atoms with Crippen molar-refractivity contribution in [2.24, 2.45) is 0 Å². The predicted molar refractivity (Wildman–Crippen MR) is 52.1 cm³/mol. The molecule has 0 saturated carbocycles. The Morgan fingerprint density at radius 3 is 2.71 bits per heavy atom. The van der Waals surface area contributed by atoms with Gasteiger partial charge >= 0.3 is 6.16 Å². The SMILES string of the molecule is O=C(O)Oc1sc2ccccc2c1O. The topological polar surface area (TPSA) is 66.8 Å². The van der Waals surface area contributed by atoms with Crippen molar-refractivity contribution in [1.82, 2.24) is 0 Å².